The van der Waals surface area contributed by atoms with Crippen molar-refractivity contribution >= 4 is 28.2 Å². The van der Waals surface area contributed by atoms with Crippen LogP contribution >= 0.6 is 0 Å². The number of carbonyl (C=O) groups is 1. The van der Waals surface area contributed by atoms with Crippen molar-refractivity contribution in [2.75, 3.05) is 36.4 Å². The number of para-hydroxylation sites is 1. The highest BCUT2D eigenvalue weighted by atomic mass is 16.3. The molecule has 0 bridgehead atoms. The minimum atomic E-state index is -0.291. The Morgan fingerprint density at radius 3 is 2.86 bits per heavy atom. The number of benzene rings is 1. The normalized spacial score (nSPS) is 14.3. The zero-order chi connectivity index (χ0) is 19.6. The molecule has 3 aromatic heterocycles. The largest absolute Gasteiger partial charge is 0.451 e. The number of nitrogens with zero attached hydrogens (tertiary/aromatic N) is 2. The highest BCUT2D eigenvalue weighted by molar-refractivity contribution is 6.04. The number of furan rings is 1. The van der Waals surface area contributed by atoms with Crippen molar-refractivity contribution in [3.63, 3.8) is 0 Å². The fraction of sp³-hybridized carbons (Fsp3) is 0.182. The summed E-state index contributed by atoms with van der Waals surface area (Å²) in [6.07, 6.45) is 5.32. The van der Waals surface area contributed by atoms with E-state index in [1.165, 1.54) is 0 Å². The van der Waals surface area contributed by atoms with E-state index in [2.05, 4.69) is 25.5 Å². The average molecular weight is 387 g/mol. The quantitative estimate of drug-likeness (QED) is 0.499. The topological polar surface area (TPSA) is 86.2 Å². The van der Waals surface area contributed by atoms with E-state index in [1.807, 2.05) is 42.6 Å². The molecule has 5 rings (SSSR count). The fourth-order valence-electron chi connectivity index (χ4n) is 3.73. The summed E-state index contributed by atoms with van der Waals surface area (Å²) in [5, 5.41) is 7.35. The third kappa shape index (κ3) is 3.36. The van der Waals surface area contributed by atoms with Crippen molar-refractivity contribution in [2.45, 2.75) is 0 Å². The number of nitrogens with one attached hydrogen (secondary N) is 3. The molecule has 1 fully saturated rings. The first-order chi connectivity index (χ1) is 14.3. The monoisotopic (exact) mass is 387 g/mol. The molecule has 1 aliphatic heterocycles. The fourth-order valence-corrected chi connectivity index (χ4v) is 3.73. The van der Waals surface area contributed by atoms with Crippen molar-refractivity contribution in [3.05, 3.63) is 66.8 Å². The Balaban J connectivity index is 1.39. The van der Waals surface area contributed by atoms with Gasteiger partial charge in [0, 0.05) is 55.0 Å². The lowest BCUT2D eigenvalue weighted by molar-refractivity contribution is 0.0997. The second kappa shape index (κ2) is 7.44. The molecular formula is C22H21N5O2. The lowest BCUT2D eigenvalue weighted by Gasteiger charge is -2.30. The van der Waals surface area contributed by atoms with Crippen molar-refractivity contribution in [1.82, 2.24) is 15.3 Å². The van der Waals surface area contributed by atoms with Crippen molar-refractivity contribution in [2.24, 2.45) is 0 Å². The van der Waals surface area contributed by atoms with Gasteiger partial charge in [-0.3, -0.25) is 9.78 Å². The molecule has 0 radical (unpaired) electrons. The minimum Gasteiger partial charge on any atom is -0.451 e. The van der Waals surface area contributed by atoms with Gasteiger partial charge < -0.3 is 24.9 Å². The van der Waals surface area contributed by atoms with Crippen molar-refractivity contribution in [3.8, 4) is 11.3 Å². The molecular weight excluding hydrogens is 366 g/mol. The van der Waals surface area contributed by atoms with Gasteiger partial charge in [-0.2, -0.15) is 0 Å². The molecule has 0 spiro atoms. The van der Waals surface area contributed by atoms with Gasteiger partial charge in [0.2, 0.25) is 0 Å². The predicted molar refractivity (Wildman–Crippen MR) is 113 cm³/mol. The third-order valence-corrected chi connectivity index (χ3v) is 5.19. The molecule has 0 aliphatic carbocycles. The van der Waals surface area contributed by atoms with Crippen LogP contribution in [0.4, 0.5) is 11.4 Å². The molecule has 0 atom stereocenters. The lowest BCUT2D eigenvalue weighted by atomic mass is 10.1. The second-order valence-corrected chi connectivity index (χ2v) is 7.00. The van der Waals surface area contributed by atoms with Crippen LogP contribution in [0.3, 0.4) is 0 Å². The summed E-state index contributed by atoms with van der Waals surface area (Å²) in [6.45, 7) is 3.61. The van der Waals surface area contributed by atoms with Crippen molar-refractivity contribution < 1.29 is 9.21 Å². The molecule has 146 valence electrons. The smallest absolute Gasteiger partial charge is 0.291 e. The number of amides is 1. The number of aromatic amines is 1. The Hall–Kier alpha value is -3.58. The maximum atomic E-state index is 12.8. The summed E-state index contributed by atoms with van der Waals surface area (Å²) in [7, 11) is 0. The molecule has 1 aliphatic rings. The van der Waals surface area contributed by atoms with Gasteiger partial charge in [0.25, 0.3) is 5.91 Å². The van der Waals surface area contributed by atoms with E-state index in [0.29, 0.717) is 11.4 Å². The van der Waals surface area contributed by atoms with E-state index in [-0.39, 0.29) is 11.7 Å². The predicted octanol–water partition coefficient (Wildman–Crippen LogP) is 3.48. The summed E-state index contributed by atoms with van der Waals surface area (Å²) < 4.78 is 5.88. The van der Waals surface area contributed by atoms with E-state index in [0.717, 1.165) is 48.3 Å². The Kier molecular flexibility index (Phi) is 4.50. The molecule has 29 heavy (non-hydrogen) atoms. The molecule has 4 heterocycles. The number of hydrogen-bond donors (Lipinski definition) is 3. The molecule has 1 aromatic carbocycles. The number of piperazine rings is 1. The van der Waals surface area contributed by atoms with Crippen LogP contribution in [0, 0.1) is 0 Å². The Bertz CT molecular complexity index is 1160. The first-order valence-corrected chi connectivity index (χ1v) is 9.67. The zero-order valence-electron chi connectivity index (χ0n) is 15.8. The van der Waals surface area contributed by atoms with Gasteiger partial charge in [-0.05, 0) is 24.3 Å². The number of carbonyl (C=O) groups excluding carboxylic acids is 1. The van der Waals surface area contributed by atoms with Gasteiger partial charge in [0.05, 0.1) is 17.6 Å². The van der Waals surface area contributed by atoms with Gasteiger partial charge in [0.15, 0.2) is 5.76 Å². The minimum absolute atomic E-state index is 0.264. The highest BCUT2D eigenvalue weighted by Gasteiger charge is 2.19. The molecule has 0 unspecified atom stereocenters. The lowest BCUT2D eigenvalue weighted by Crippen LogP contribution is -2.43. The molecule has 0 saturated carbocycles. The van der Waals surface area contributed by atoms with E-state index >= 15 is 0 Å². The number of aromatic nitrogens is 2. The number of hydrogen-bond acceptors (Lipinski definition) is 5. The first-order valence-electron chi connectivity index (χ1n) is 9.67. The number of pyridine rings is 1. The first kappa shape index (κ1) is 17.5. The zero-order valence-corrected chi connectivity index (χ0v) is 15.8. The summed E-state index contributed by atoms with van der Waals surface area (Å²) >= 11 is 0. The van der Waals surface area contributed by atoms with Gasteiger partial charge in [-0.25, -0.2) is 0 Å². The van der Waals surface area contributed by atoms with Gasteiger partial charge in [-0.1, -0.05) is 18.2 Å². The van der Waals surface area contributed by atoms with Gasteiger partial charge in [0.1, 0.15) is 5.76 Å². The number of rotatable bonds is 4. The van der Waals surface area contributed by atoms with E-state index in [9.17, 15) is 4.79 Å². The van der Waals surface area contributed by atoms with Crippen LogP contribution in [0.1, 0.15) is 10.6 Å². The maximum Gasteiger partial charge on any atom is 0.291 e. The van der Waals surface area contributed by atoms with E-state index in [4.69, 9.17) is 4.42 Å². The van der Waals surface area contributed by atoms with Crippen LogP contribution in [0.2, 0.25) is 0 Å². The summed E-state index contributed by atoms with van der Waals surface area (Å²) in [5.41, 5.74) is 3.62. The number of fused-ring (bicyclic) bond motifs is 1. The van der Waals surface area contributed by atoms with Crippen LogP contribution in [0.25, 0.3) is 22.2 Å². The number of anilines is 2. The average Bonchev–Trinajstić information content (AvgIpc) is 3.42. The number of H-pyrrole nitrogens is 1. The Morgan fingerprint density at radius 1 is 1.10 bits per heavy atom. The molecule has 7 heteroatoms. The third-order valence-electron chi connectivity index (χ3n) is 5.19. The van der Waals surface area contributed by atoms with Crippen LogP contribution in [-0.2, 0) is 0 Å². The molecule has 1 amide bonds. The Labute approximate surface area is 167 Å². The van der Waals surface area contributed by atoms with Crippen LogP contribution in [-0.4, -0.2) is 42.1 Å². The van der Waals surface area contributed by atoms with Crippen LogP contribution < -0.4 is 15.5 Å². The SMILES string of the molecule is O=C(Nc1cnccc1N1CCNCC1)c1ccc(-c2c[nH]c3ccccc23)o1. The molecule has 3 N–H and O–H groups in total. The summed E-state index contributed by atoms with van der Waals surface area (Å²) in [6, 6.07) is 13.5. The van der Waals surface area contributed by atoms with Crippen LogP contribution in [0.15, 0.2) is 65.5 Å². The Morgan fingerprint density at radius 2 is 1.97 bits per heavy atom. The van der Waals surface area contributed by atoms with Crippen LogP contribution in [0.5, 0.6) is 0 Å². The molecule has 4 aromatic rings. The second-order valence-electron chi connectivity index (χ2n) is 7.00. The van der Waals surface area contributed by atoms with Gasteiger partial charge in [-0.15, -0.1) is 0 Å². The molecule has 7 nitrogen and oxygen atoms in total. The van der Waals surface area contributed by atoms with Crippen molar-refractivity contribution in [1.29, 1.82) is 0 Å². The van der Waals surface area contributed by atoms with E-state index < -0.39 is 0 Å². The molecule has 1 saturated heterocycles. The summed E-state index contributed by atoms with van der Waals surface area (Å²) in [5.74, 6) is 0.627. The van der Waals surface area contributed by atoms with E-state index in [1.54, 1.807) is 18.5 Å². The standard InChI is InChI=1S/C22H21N5O2/c28-22(26-18-14-24-8-7-19(18)27-11-9-23-10-12-27)21-6-5-20(29-21)16-13-25-17-4-2-1-3-15(16)17/h1-8,13-14,23,25H,9-12H2,(H,26,28). The summed E-state index contributed by atoms with van der Waals surface area (Å²) in [4.78, 5) is 22.5. The maximum absolute atomic E-state index is 12.8. The van der Waals surface area contributed by atoms with Gasteiger partial charge >= 0.3 is 0 Å². The highest BCUT2D eigenvalue weighted by Crippen LogP contribution is 2.31.